The molecule has 2 aromatic carbocycles. The fourth-order valence-corrected chi connectivity index (χ4v) is 7.08. The molecule has 8 nitrogen and oxygen atoms in total. The van der Waals surface area contributed by atoms with Crippen molar-refractivity contribution >= 4 is 61.8 Å². The maximum Gasteiger partial charge on any atom is 0.169 e. The van der Waals surface area contributed by atoms with Gasteiger partial charge in [0.05, 0.1) is 38.3 Å². The SMILES string of the molecule is Clc1cc(-c2cnc3c(Br)cnn3c2)ccc1N1CCCCC1.Clc1cc(-c2cnc3ccnn3c2)ccc1N1CCCCC1. The minimum atomic E-state index is 0.797. The van der Waals surface area contributed by atoms with Gasteiger partial charge in [-0.25, -0.2) is 19.0 Å². The van der Waals surface area contributed by atoms with Gasteiger partial charge in [-0.05, 0) is 89.8 Å². The molecule has 0 radical (unpaired) electrons. The average molecular weight is 705 g/mol. The Bertz CT molecular complexity index is 1940. The number of fused-ring (bicyclic) bond motifs is 2. The van der Waals surface area contributed by atoms with Crippen LogP contribution < -0.4 is 9.80 Å². The molecule has 0 N–H and O–H groups in total. The van der Waals surface area contributed by atoms with Gasteiger partial charge >= 0.3 is 0 Å². The Balaban J connectivity index is 0.000000145. The van der Waals surface area contributed by atoms with E-state index in [0.717, 1.165) is 85.6 Å². The molecule has 4 aromatic heterocycles. The van der Waals surface area contributed by atoms with Crippen LogP contribution in [0.2, 0.25) is 10.0 Å². The van der Waals surface area contributed by atoms with E-state index in [2.05, 4.69) is 70.2 Å². The number of halogens is 3. The Morgan fingerprint density at radius 1 is 0.578 bits per heavy atom. The molecule has 2 fully saturated rings. The van der Waals surface area contributed by atoms with Gasteiger partial charge in [0.25, 0.3) is 0 Å². The molecular weight excluding hydrogens is 671 g/mol. The summed E-state index contributed by atoms with van der Waals surface area (Å²) >= 11 is 16.5. The van der Waals surface area contributed by atoms with E-state index >= 15 is 0 Å². The minimum absolute atomic E-state index is 0.797. The van der Waals surface area contributed by atoms with E-state index in [4.69, 9.17) is 23.2 Å². The van der Waals surface area contributed by atoms with E-state index in [-0.39, 0.29) is 0 Å². The number of hydrogen-bond acceptors (Lipinski definition) is 6. The number of hydrogen-bond donors (Lipinski definition) is 0. The molecule has 0 unspecified atom stereocenters. The maximum absolute atomic E-state index is 6.54. The van der Waals surface area contributed by atoms with E-state index in [1.165, 1.54) is 38.5 Å². The summed E-state index contributed by atoms with van der Waals surface area (Å²) in [6.07, 6.45) is 18.8. The number of rotatable bonds is 4. The molecule has 2 aliphatic rings. The molecule has 0 spiro atoms. The van der Waals surface area contributed by atoms with Gasteiger partial charge in [-0.15, -0.1) is 0 Å². The van der Waals surface area contributed by atoms with Gasteiger partial charge in [-0.2, -0.15) is 10.2 Å². The molecule has 0 aliphatic carbocycles. The number of piperidine rings is 2. The van der Waals surface area contributed by atoms with Crippen molar-refractivity contribution in [3.05, 3.63) is 94.2 Å². The van der Waals surface area contributed by atoms with Crippen LogP contribution >= 0.6 is 39.1 Å². The molecule has 11 heteroatoms. The number of benzene rings is 2. The standard InChI is InChI=1S/C17H16BrClN4.C17H17ClN4/c18-14-10-21-23-11-13(9-20-17(14)23)12-4-5-16(15(19)8-12)22-6-2-1-3-7-22;18-15-10-13(4-5-16(15)21-8-2-1-3-9-21)14-11-19-17-6-7-20-22(17)12-14/h4-5,8-11H,1-3,6-7H2;4-7,10-12H,1-3,8-9H2. The molecule has 8 rings (SSSR count). The molecule has 6 aromatic rings. The Morgan fingerprint density at radius 3 is 1.71 bits per heavy atom. The fourth-order valence-electron chi connectivity index (χ4n) is 6.11. The summed E-state index contributed by atoms with van der Waals surface area (Å²) in [7, 11) is 0. The van der Waals surface area contributed by atoms with Crippen molar-refractivity contribution in [3.63, 3.8) is 0 Å². The van der Waals surface area contributed by atoms with Crippen LogP contribution in [-0.2, 0) is 0 Å². The van der Waals surface area contributed by atoms with Crippen LogP contribution in [0.5, 0.6) is 0 Å². The summed E-state index contributed by atoms with van der Waals surface area (Å²) in [4.78, 5) is 13.6. The molecule has 45 heavy (non-hydrogen) atoms. The fraction of sp³-hybridized carbons (Fsp3) is 0.294. The Kier molecular flexibility index (Phi) is 8.92. The van der Waals surface area contributed by atoms with Crippen molar-refractivity contribution in [2.24, 2.45) is 0 Å². The predicted octanol–water partition coefficient (Wildman–Crippen LogP) is 8.84. The quantitative estimate of drug-likeness (QED) is 0.183. The van der Waals surface area contributed by atoms with Crippen LogP contribution in [0.25, 0.3) is 33.5 Å². The van der Waals surface area contributed by atoms with Crippen molar-refractivity contribution in [2.45, 2.75) is 38.5 Å². The normalized spacial score (nSPS) is 15.4. The monoisotopic (exact) mass is 702 g/mol. The van der Waals surface area contributed by atoms with Crippen molar-refractivity contribution < 1.29 is 0 Å². The highest BCUT2D eigenvalue weighted by molar-refractivity contribution is 9.10. The zero-order valence-electron chi connectivity index (χ0n) is 24.8. The lowest BCUT2D eigenvalue weighted by molar-refractivity contribution is 0.578. The van der Waals surface area contributed by atoms with Crippen molar-refractivity contribution in [1.82, 2.24) is 29.2 Å². The summed E-state index contributed by atoms with van der Waals surface area (Å²) in [5.41, 5.74) is 8.06. The average Bonchev–Trinajstić information content (AvgIpc) is 3.71. The second-order valence-electron chi connectivity index (χ2n) is 11.5. The molecule has 0 amide bonds. The first-order chi connectivity index (χ1) is 22.0. The third kappa shape index (κ3) is 6.52. The largest absolute Gasteiger partial charge is 0.370 e. The molecular formula is C34H33BrCl2N8. The summed E-state index contributed by atoms with van der Waals surface area (Å²) < 4.78 is 4.44. The highest BCUT2D eigenvalue weighted by Crippen LogP contribution is 2.34. The molecule has 0 atom stereocenters. The summed E-state index contributed by atoms with van der Waals surface area (Å²) in [5, 5.41) is 10.1. The molecule has 2 aliphatic heterocycles. The van der Waals surface area contributed by atoms with Crippen molar-refractivity contribution in [3.8, 4) is 22.3 Å². The van der Waals surface area contributed by atoms with Crippen LogP contribution in [0.1, 0.15) is 38.5 Å². The molecule has 6 heterocycles. The smallest absolute Gasteiger partial charge is 0.169 e. The number of aromatic nitrogens is 6. The Morgan fingerprint density at radius 2 is 1.13 bits per heavy atom. The van der Waals surface area contributed by atoms with Gasteiger partial charge in [0.15, 0.2) is 11.3 Å². The Hall–Kier alpha value is -3.66. The van der Waals surface area contributed by atoms with Crippen LogP contribution in [0.4, 0.5) is 11.4 Å². The number of nitrogens with zero attached hydrogens (tertiary/aromatic N) is 8. The van der Waals surface area contributed by atoms with Gasteiger partial charge in [0, 0.05) is 68.2 Å². The summed E-state index contributed by atoms with van der Waals surface area (Å²) in [6.45, 7) is 4.38. The van der Waals surface area contributed by atoms with Gasteiger partial charge in [-0.1, -0.05) is 35.3 Å². The lowest BCUT2D eigenvalue weighted by Gasteiger charge is -2.29. The van der Waals surface area contributed by atoms with Gasteiger partial charge in [0.1, 0.15) is 0 Å². The Labute approximate surface area is 280 Å². The van der Waals surface area contributed by atoms with E-state index in [0.29, 0.717) is 0 Å². The number of anilines is 2. The lowest BCUT2D eigenvalue weighted by atomic mass is 10.1. The topological polar surface area (TPSA) is 66.9 Å². The van der Waals surface area contributed by atoms with E-state index in [1.54, 1.807) is 21.4 Å². The summed E-state index contributed by atoms with van der Waals surface area (Å²) in [5.74, 6) is 0. The highest BCUT2D eigenvalue weighted by atomic mass is 79.9. The molecule has 2 saturated heterocycles. The van der Waals surface area contributed by atoms with Crippen LogP contribution in [0.15, 0.2) is 84.1 Å². The first-order valence-electron chi connectivity index (χ1n) is 15.4. The second-order valence-corrected chi connectivity index (χ2v) is 13.2. The van der Waals surface area contributed by atoms with E-state index in [9.17, 15) is 0 Å². The maximum atomic E-state index is 6.54. The van der Waals surface area contributed by atoms with Crippen LogP contribution in [0, 0.1) is 0 Å². The van der Waals surface area contributed by atoms with Crippen LogP contribution in [-0.4, -0.2) is 55.4 Å². The predicted molar refractivity (Wildman–Crippen MR) is 187 cm³/mol. The van der Waals surface area contributed by atoms with E-state index in [1.807, 2.05) is 43.0 Å². The molecule has 230 valence electrons. The van der Waals surface area contributed by atoms with Crippen LogP contribution in [0.3, 0.4) is 0 Å². The first kappa shape index (κ1) is 30.0. The third-order valence-corrected chi connectivity index (χ3v) is 9.68. The minimum Gasteiger partial charge on any atom is -0.370 e. The van der Waals surface area contributed by atoms with Gasteiger partial charge in [-0.3, -0.25) is 0 Å². The van der Waals surface area contributed by atoms with Gasteiger partial charge < -0.3 is 9.80 Å². The first-order valence-corrected chi connectivity index (χ1v) is 17.0. The molecule has 0 bridgehead atoms. The molecule has 0 saturated carbocycles. The third-order valence-electron chi connectivity index (χ3n) is 8.52. The van der Waals surface area contributed by atoms with Gasteiger partial charge in [0.2, 0.25) is 0 Å². The van der Waals surface area contributed by atoms with Crippen molar-refractivity contribution in [1.29, 1.82) is 0 Å². The lowest BCUT2D eigenvalue weighted by Crippen LogP contribution is -2.29. The zero-order valence-corrected chi connectivity index (χ0v) is 27.9. The summed E-state index contributed by atoms with van der Waals surface area (Å²) in [6, 6.07) is 14.4. The zero-order chi connectivity index (χ0) is 30.8. The highest BCUT2D eigenvalue weighted by Gasteiger charge is 2.16. The van der Waals surface area contributed by atoms with Crippen molar-refractivity contribution in [2.75, 3.05) is 36.0 Å². The second kappa shape index (κ2) is 13.4. The van der Waals surface area contributed by atoms with E-state index < -0.39 is 0 Å².